The average Bonchev–Trinajstić information content (AvgIpc) is 2.77. The van der Waals surface area contributed by atoms with Crippen LogP contribution in [0.2, 0.25) is 0 Å². The van der Waals surface area contributed by atoms with E-state index in [1.54, 1.807) is 24.0 Å². The molecule has 0 amide bonds. The predicted octanol–water partition coefficient (Wildman–Crippen LogP) is 2.22. The van der Waals surface area contributed by atoms with Crippen molar-refractivity contribution in [3.05, 3.63) is 40.1 Å². The van der Waals surface area contributed by atoms with Crippen LogP contribution >= 0.6 is 15.9 Å². The third-order valence-electron chi connectivity index (χ3n) is 3.03. The van der Waals surface area contributed by atoms with Crippen molar-refractivity contribution in [1.82, 2.24) is 9.78 Å². The van der Waals surface area contributed by atoms with Gasteiger partial charge in [-0.05, 0) is 28.1 Å². The first-order chi connectivity index (χ1) is 9.18. The molecule has 2 heterocycles. The molecule has 0 unspecified atom stereocenters. The number of hydrogen-bond donors (Lipinski definition) is 1. The fourth-order valence-corrected chi connectivity index (χ4v) is 2.67. The minimum atomic E-state index is -0.104. The third-order valence-corrected chi connectivity index (χ3v) is 3.61. The summed E-state index contributed by atoms with van der Waals surface area (Å²) < 4.78 is 7.86. The minimum absolute atomic E-state index is 0.104. The van der Waals surface area contributed by atoms with Gasteiger partial charge in [-0.1, -0.05) is 6.07 Å². The molecular formula is C13H12BrN3O2. The van der Waals surface area contributed by atoms with Gasteiger partial charge in [-0.2, -0.15) is 5.10 Å². The highest BCUT2D eigenvalue weighted by molar-refractivity contribution is 9.10. The summed E-state index contributed by atoms with van der Waals surface area (Å²) in [5.74, 6) is 0.513. The molecular weight excluding hydrogens is 310 g/mol. The lowest BCUT2D eigenvalue weighted by Gasteiger charge is -2.21. The molecule has 3 rings (SSSR count). The Labute approximate surface area is 118 Å². The number of anilines is 1. The van der Waals surface area contributed by atoms with Crippen molar-refractivity contribution in [3.8, 4) is 5.75 Å². The van der Waals surface area contributed by atoms with Gasteiger partial charge in [0.05, 0.1) is 21.9 Å². The molecule has 0 aliphatic carbocycles. The van der Waals surface area contributed by atoms with Gasteiger partial charge in [-0.3, -0.25) is 9.48 Å². The molecule has 0 bridgehead atoms. The summed E-state index contributed by atoms with van der Waals surface area (Å²) in [5, 5.41) is 7.29. The smallest absolute Gasteiger partial charge is 0.215 e. The lowest BCUT2D eigenvalue weighted by molar-refractivity contribution is 0.102. The lowest BCUT2D eigenvalue weighted by Crippen LogP contribution is -2.20. The molecule has 0 atom stereocenters. The van der Waals surface area contributed by atoms with Crippen LogP contribution in [0.25, 0.3) is 0 Å². The zero-order chi connectivity index (χ0) is 13.4. The molecule has 1 aliphatic heterocycles. The Bertz CT molecular complexity index is 632. The summed E-state index contributed by atoms with van der Waals surface area (Å²) in [4.78, 5) is 12.6. The second-order valence-electron chi connectivity index (χ2n) is 4.25. The van der Waals surface area contributed by atoms with Crippen molar-refractivity contribution >= 4 is 27.4 Å². The lowest BCUT2D eigenvalue weighted by atomic mass is 10.1. The number of ether oxygens (including phenoxy) is 1. The van der Waals surface area contributed by atoms with E-state index < -0.39 is 0 Å². The van der Waals surface area contributed by atoms with Crippen LogP contribution in [0.5, 0.6) is 5.75 Å². The zero-order valence-electron chi connectivity index (χ0n) is 10.3. The van der Waals surface area contributed by atoms with Crippen molar-refractivity contribution in [2.45, 2.75) is 0 Å². The van der Waals surface area contributed by atoms with Gasteiger partial charge in [0.15, 0.2) is 5.75 Å². The Kier molecular flexibility index (Phi) is 3.02. The predicted molar refractivity (Wildman–Crippen MR) is 74.8 cm³/mol. The van der Waals surface area contributed by atoms with E-state index in [1.807, 2.05) is 12.1 Å². The maximum atomic E-state index is 12.6. The van der Waals surface area contributed by atoms with E-state index in [1.165, 1.54) is 0 Å². The van der Waals surface area contributed by atoms with Gasteiger partial charge < -0.3 is 10.1 Å². The second kappa shape index (κ2) is 4.70. The number of rotatable bonds is 2. The summed E-state index contributed by atoms with van der Waals surface area (Å²) in [5.41, 5.74) is 1.92. The van der Waals surface area contributed by atoms with Gasteiger partial charge in [-0.25, -0.2) is 0 Å². The number of aromatic nitrogens is 2. The van der Waals surface area contributed by atoms with Crippen molar-refractivity contribution in [2.24, 2.45) is 7.05 Å². The highest BCUT2D eigenvalue weighted by atomic mass is 79.9. The van der Waals surface area contributed by atoms with Gasteiger partial charge >= 0.3 is 0 Å². The van der Waals surface area contributed by atoms with Crippen LogP contribution in [0.4, 0.5) is 5.69 Å². The van der Waals surface area contributed by atoms with Crippen LogP contribution in [0.15, 0.2) is 28.9 Å². The normalized spacial score (nSPS) is 13.4. The fraction of sp³-hybridized carbons (Fsp3) is 0.231. The Balaban J connectivity index is 2.10. The SMILES string of the molecule is Cn1ncc(Br)c1C(=O)c1cccc2c1OCCN2. The molecule has 0 spiro atoms. The number of aryl methyl sites for hydroxylation is 1. The van der Waals surface area contributed by atoms with E-state index in [0.29, 0.717) is 28.1 Å². The fourth-order valence-electron chi connectivity index (χ4n) is 2.14. The Morgan fingerprint density at radius 2 is 2.37 bits per heavy atom. The number of fused-ring (bicyclic) bond motifs is 1. The molecule has 19 heavy (non-hydrogen) atoms. The first kappa shape index (κ1) is 12.2. The topological polar surface area (TPSA) is 56.2 Å². The standard InChI is InChI=1S/C13H12BrN3O2/c1-17-11(9(14)7-16-17)12(18)8-3-2-4-10-13(8)19-6-5-15-10/h2-4,7,15H,5-6H2,1H3. The molecule has 0 fully saturated rings. The minimum Gasteiger partial charge on any atom is -0.489 e. The summed E-state index contributed by atoms with van der Waals surface area (Å²) >= 11 is 3.35. The summed E-state index contributed by atoms with van der Waals surface area (Å²) in [7, 11) is 1.74. The molecule has 5 nitrogen and oxygen atoms in total. The molecule has 1 aliphatic rings. The highest BCUT2D eigenvalue weighted by Crippen LogP contribution is 2.33. The van der Waals surface area contributed by atoms with Crippen LogP contribution in [0.1, 0.15) is 16.1 Å². The van der Waals surface area contributed by atoms with Crippen LogP contribution < -0.4 is 10.1 Å². The largest absolute Gasteiger partial charge is 0.489 e. The van der Waals surface area contributed by atoms with Crippen molar-refractivity contribution in [1.29, 1.82) is 0 Å². The monoisotopic (exact) mass is 321 g/mol. The average molecular weight is 322 g/mol. The van der Waals surface area contributed by atoms with Gasteiger partial charge in [0.2, 0.25) is 5.78 Å². The van der Waals surface area contributed by atoms with E-state index in [-0.39, 0.29) is 5.78 Å². The van der Waals surface area contributed by atoms with Gasteiger partial charge in [0.25, 0.3) is 0 Å². The van der Waals surface area contributed by atoms with Gasteiger partial charge in [-0.15, -0.1) is 0 Å². The van der Waals surface area contributed by atoms with E-state index in [4.69, 9.17) is 4.74 Å². The van der Waals surface area contributed by atoms with E-state index >= 15 is 0 Å². The number of carbonyl (C=O) groups excluding carboxylic acids is 1. The highest BCUT2D eigenvalue weighted by Gasteiger charge is 2.23. The maximum Gasteiger partial charge on any atom is 0.215 e. The molecule has 6 heteroatoms. The number of hydrogen-bond acceptors (Lipinski definition) is 4. The number of carbonyl (C=O) groups is 1. The summed E-state index contributed by atoms with van der Waals surface area (Å²) in [6.07, 6.45) is 1.61. The van der Waals surface area contributed by atoms with Crippen LogP contribution in [0, 0.1) is 0 Å². The quantitative estimate of drug-likeness (QED) is 0.862. The van der Waals surface area contributed by atoms with Crippen molar-refractivity contribution in [2.75, 3.05) is 18.5 Å². The molecule has 98 valence electrons. The molecule has 2 aromatic rings. The molecule has 0 saturated heterocycles. The first-order valence-corrected chi connectivity index (χ1v) is 6.69. The first-order valence-electron chi connectivity index (χ1n) is 5.90. The Morgan fingerprint density at radius 3 is 3.11 bits per heavy atom. The second-order valence-corrected chi connectivity index (χ2v) is 5.11. The number of para-hydroxylation sites is 1. The van der Waals surface area contributed by atoms with Crippen LogP contribution in [0.3, 0.4) is 0 Å². The molecule has 1 aromatic carbocycles. The molecule has 1 N–H and O–H groups in total. The summed E-state index contributed by atoms with van der Waals surface area (Å²) in [6, 6.07) is 5.52. The van der Waals surface area contributed by atoms with Crippen molar-refractivity contribution in [3.63, 3.8) is 0 Å². The molecule has 1 aromatic heterocycles. The maximum absolute atomic E-state index is 12.6. The van der Waals surface area contributed by atoms with Crippen LogP contribution in [-0.4, -0.2) is 28.7 Å². The van der Waals surface area contributed by atoms with Gasteiger partial charge in [0.1, 0.15) is 12.3 Å². The van der Waals surface area contributed by atoms with E-state index in [9.17, 15) is 4.79 Å². The van der Waals surface area contributed by atoms with Gasteiger partial charge in [0, 0.05) is 13.6 Å². The number of nitrogens with one attached hydrogen (secondary N) is 1. The number of halogens is 1. The Hall–Kier alpha value is -1.82. The van der Waals surface area contributed by atoms with E-state index in [2.05, 4.69) is 26.3 Å². The third kappa shape index (κ3) is 2.02. The summed E-state index contributed by atoms with van der Waals surface area (Å²) in [6.45, 7) is 1.31. The zero-order valence-corrected chi connectivity index (χ0v) is 11.9. The number of benzene rings is 1. The number of nitrogens with zero attached hydrogens (tertiary/aromatic N) is 2. The van der Waals surface area contributed by atoms with Crippen LogP contribution in [-0.2, 0) is 7.05 Å². The van der Waals surface area contributed by atoms with E-state index in [0.717, 1.165) is 12.2 Å². The number of ketones is 1. The molecule has 0 radical (unpaired) electrons. The van der Waals surface area contributed by atoms with Crippen molar-refractivity contribution < 1.29 is 9.53 Å². The Morgan fingerprint density at radius 1 is 1.53 bits per heavy atom. The molecule has 0 saturated carbocycles.